The highest BCUT2D eigenvalue weighted by Gasteiger charge is 2.16. The molecule has 0 bridgehead atoms. The maximum atomic E-state index is 12.4. The van der Waals surface area contributed by atoms with Crippen LogP contribution in [0.2, 0.25) is 0 Å². The number of aryl methyl sites for hydroxylation is 1. The van der Waals surface area contributed by atoms with Crippen LogP contribution >= 0.6 is 0 Å². The van der Waals surface area contributed by atoms with Gasteiger partial charge in [-0.2, -0.15) is 5.10 Å². The molecule has 5 heteroatoms. The molecule has 1 aromatic carbocycles. The van der Waals surface area contributed by atoms with E-state index >= 15 is 0 Å². The Hall–Kier alpha value is -2.40. The molecule has 0 aliphatic carbocycles. The summed E-state index contributed by atoms with van der Waals surface area (Å²) in [5.41, 5.74) is 3.53. The van der Waals surface area contributed by atoms with Crippen LogP contribution in [0, 0.1) is 0 Å². The molecule has 0 radical (unpaired) electrons. The predicted octanol–water partition coefficient (Wildman–Crippen LogP) is 3.05. The Morgan fingerprint density at radius 3 is 2.72 bits per heavy atom. The molecule has 0 atom stereocenters. The van der Waals surface area contributed by atoms with E-state index in [4.69, 9.17) is 0 Å². The molecule has 0 saturated heterocycles. The van der Waals surface area contributed by atoms with Gasteiger partial charge in [-0.3, -0.25) is 14.4 Å². The number of amides is 1. The Balaban J connectivity index is 1.49. The summed E-state index contributed by atoms with van der Waals surface area (Å²) in [5, 5.41) is 4.35. The Kier molecular flexibility index (Phi) is 5.66. The second-order valence-corrected chi connectivity index (χ2v) is 6.40. The Morgan fingerprint density at radius 1 is 1.28 bits per heavy atom. The zero-order chi connectivity index (χ0) is 17.6. The van der Waals surface area contributed by atoms with E-state index in [9.17, 15) is 4.79 Å². The van der Waals surface area contributed by atoms with Crippen molar-refractivity contribution in [1.82, 2.24) is 14.7 Å². The van der Waals surface area contributed by atoms with Crippen LogP contribution in [0.25, 0.3) is 5.57 Å². The Labute approximate surface area is 149 Å². The zero-order valence-electron chi connectivity index (χ0n) is 15.1. The van der Waals surface area contributed by atoms with E-state index in [-0.39, 0.29) is 5.91 Å². The number of para-hydroxylation sites is 1. The topological polar surface area (TPSA) is 41.4 Å². The fraction of sp³-hybridized carbons (Fsp3) is 0.400. The Morgan fingerprint density at radius 2 is 2.08 bits per heavy atom. The van der Waals surface area contributed by atoms with Crippen LogP contribution in [0.4, 0.5) is 5.69 Å². The summed E-state index contributed by atoms with van der Waals surface area (Å²) in [5.74, 6) is 0.158. The summed E-state index contributed by atoms with van der Waals surface area (Å²) in [7, 11) is 1.84. The number of hydrogen-bond donors (Lipinski definition) is 0. The number of rotatable bonds is 6. The van der Waals surface area contributed by atoms with Crippen LogP contribution in [0.15, 0.2) is 48.8 Å². The molecule has 5 nitrogen and oxygen atoms in total. The van der Waals surface area contributed by atoms with Gasteiger partial charge in [0.1, 0.15) is 0 Å². The Bertz CT molecular complexity index is 735. The van der Waals surface area contributed by atoms with Crippen LogP contribution in [0.1, 0.15) is 25.3 Å². The van der Waals surface area contributed by atoms with Crippen LogP contribution < -0.4 is 4.90 Å². The average molecular weight is 338 g/mol. The van der Waals surface area contributed by atoms with Gasteiger partial charge in [-0.05, 0) is 31.1 Å². The molecule has 1 aromatic heterocycles. The number of benzene rings is 1. The molecule has 25 heavy (non-hydrogen) atoms. The van der Waals surface area contributed by atoms with Crippen molar-refractivity contribution in [3.63, 3.8) is 0 Å². The highest BCUT2D eigenvalue weighted by molar-refractivity contribution is 5.92. The number of anilines is 1. The fourth-order valence-corrected chi connectivity index (χ4v) is 3.10. The van der Waals surface area contributed by atoms with Gasteiger partial charge in [0.25, 0.3) is 0 Å². The van der Waals surface area contributed by atoms with Crippen molar-refractivity contribution in [2.75, 3.05) is 31.6 Å². The lowest BCUT2D eigenvalue weighted by Crippen LogP contribution is -2.34. The van der Waals surface area contributed by atoms with Gasteiger partial charge in [-0.15, -0.1) is 0 Å². The molecule has 1 amide bonds. The normalized spacial score (nSPS) is 15.0. The molecular weight excluding hydrogens is 312 g/mol. The molecule has 1 aliphatic rings. The monoisotopic (exact) mass is 338 g/mol. The maximum absolute atomic E-state index is 12.4. The second kappa shape index (κ2) is 8.12. The van der Waals surface area contributed by atoms with Crippen LogP contribution in [0.3, 0.4) is 0 Å². The molecule has 2 aromatic rings. The smallest absolute Gasteiger partial charge is 0.228 e. The number of aromatic nitrogens is 2. The van der Waals surface area contributed by atoms with Crippen molar-refractivity contribution < 1.29 is 4.79 Å². The van der Waals surface area contributed by atoms with E-state index in [1.807, 2.05) is 48.3 Å². The second-order valence-electron chi connectivity index (χ2n) is 6.40. The molecule has 3 rings (SSSR count). The van der Waals surface area contributed by atoms with Gasteiger partial charge in [0.2, 0.25) is 5.91 Å². The van der Waals surface area contributed by atoms with E-state index < -0.39 is 0 Å². The first-order valence-corrected chi connectivity index (χ1v) is 8.93. The number of carbonyl (C=O) groups is 1. The summed E-state index contributed by atoms with van der Waals surface area (Å²) in [6, 6.07) is 9.80. The molecule has 1 aliphatic heterocycles. The molecule has 0 fully saturated rings. The molecule has 132 valence electrons. The SMILES string of the molecule is CCn1cc(C2=CCN(CCC(=O)N(C)c3ccccc3)CC2)cn1. The standard InChI is InChI=1S/C20H26N4O/c1-3-24-16-18(15-21-24)17-9-12-23(13-10-17)14-11-20(25)22(2)19-7-5-4-6-8-19/h4-9,15-16H,3,10-14H2,1-2H3. The van der Waals surface area contributed by atoms with Gasteiger partial charge in [-0.25, -0.2) is 0 Å². The summed E-state index contributed by atoms with van der Waals surface area (Å²) in [6.45, 7) is 5.68. The van der Waals surface area contributed by atoms with E-state index in [1.54, 1.807) is 4.90 Å². The first kappa shape index (κ1) is 17.4. The third-order valence-corrected chi connectivity index (χ3v) is 4.78. The highest BCUT2D eigenvalue weighted by Crippen LogP contribution is 2.22. The van der Waals surface area contributed by atoms with Crippen molar-refractivity contribution >= 4 is 17.2 Å². The minimum Gasteiger partial charge on any atom is -0.315 e. The lowest BCUT2D eigenvalue weighted by atomic mass is 10.0. The third kappa shape index (κ3) is 4.37. The summed E-state index contributed by atoms with van der Waals surface area (Å²) >= 11 is 0. The molecule has 0 saturated carbocycles. The minimum absolute atomic E-state index is 0.158. The summed E-state index contributed by atoms with van der Waals surface area (Å²) in [6.07, 6.45) is 7.88. The van der Waals surface area contributed by atoms with Gasteiger partial charge in [0.15, 0.2) is 0 Å². The van der Waals surface area contributed by atoms with Gasteiger partial charge in [0.05, 0.1) is 6.20 Å². The van der Waals surface area contributed by atoms with E-state index in [1.165, 1.54) is 11.1 Å². The summed E-state index contributed by atoms with van der Waals surface area (Å²) < 4.78 is 1.96. The van der Waals surface area contributed by atoms with Crippen molar-refractivity contribution in [3.8, 4) is 0 Å². The van der Waals surface area contributed by atoms with Crippen molar-refractivity contribution in [3.05, 3.63) is 54.4 Å². The van der Waals surface area contributed by atoms with Crippen LogP contribution in [-0.2, 0) is 11.3 Å². The average Bonchev–Trinajstić information content (AvgIpc) is 3.16. The zero-order valence-corrected chi connectivity index (χ0v) is 15.1. The van der Waals surface area contributed by atoms with Gasteiger partial charge in [-0.1, -0.05) is 24.3 Å². The van der Waals surface area contributed by atoms with Gasteiger partial charge < -0.3 is 4.90 Å². The first-order valence-electron chi connectivity index (χ1n) is 8.93. The van der Waals surface area contributed by atoms with E-state index in [0.717, 1.165) is 38.3 Å². The lowest BCUT2D eigenvalue weighted by molar-refractivity contribution is -0.118. The third-order valence-electron chi connectivity index (χ3n) is 4.78. The molecule has 2 heterocycles. The predicted molar refractivity (Wildman–Crippen MR) is 101 cm³/mol. The van der Waals surface area contributed by atoms with Crippen molar-refractivity contribution in [1.29, 1.82) is 0 Å². The number of carbonyl (C=O) groups excluding carboxylic acids is 1. The van der Waals surface area contributed by atoms with Crippen LogP contribution in [0.5, 0.6) is 0 Å². The molecular formula is C20H26N4O. The summed E-state index contributed by atoms with van der Waals surface area (Å²) in [4.78, 5) is 16.5. The quantitative estimate of drug-likeness (QED) is 0.813. The van der Waals surface area contributed by atoms with Gasteiger partial charge in [0, 0.05) is 57.1 Å². The number of nitrogens with zero attached hydrogens (tertiary/aromatic N) is 4. The largest absolute Gasteiger partial charge is 0.315 e. The maximum Gasteiger partial charge on any atom is 0.228 e. The minimum atomic E-state index is 0.158. The number of hydrogen-bond acceptors (Lipinski definition) is 3. The molecule has 0 spiro atoms. The highest BCUT2D eigenvalue weighted by atomic mass is 16.2. The molecule has 0 N–H and O–H groups in total. The first-order chi connectivity index (χ1) is 12.2. The van der Waals surface area contributed by atoms with Crippen LogP contribution in [-0.4, -0.2) is 47.3 Å². The fourth-order valence-electron chi connectivity index (χ4n) is 3.10. The van der Waals surface area contributed by atoms with Gasteiger partial charge >= 0.3 is 0 Å². The molecule has 0 unspecified atom stereocenters. The van der Waals surface area contributed by atoms with E-state index in [0.29, 0.717) is 6.42 Å². The van der Waals surface area contributed by atoms with E-state index in [2.05, 4.69) is 29.2 Å². The van der Waals surface area contributed by atoms with Crippen molar-refractivity contribution in [2.24, 2.45) is 0 Å². The lowest BCUT2D eigenvalue weighted by Gasteiger charge is -2.26. The van der Waals surface area contributed by atoms with Crippen molar-refractivity contribution in [2.45, 2.75) is 26.3 Å².